The molecule has 0 N–H and O–H groups in total. The first-order valence-electron chi connectivity index (χ1n) is 21.9. The Labute approximate surface area is 341 Å². The highest BCUT2D eigenvalue weighted by molar-refractivity contribution is 5.12. The van der Waals surface area contributed by atoms with Gasteiger partial charge >= 0.3 is 0 Å². The molecule has 6 heteroatoms. The summed E-state index contributed by atoms with van der Waals surface area (Å²) in [6.07, 6.45) is 38.4. The first-order valence-corrected chi connectivity index (χ1v) is 21.9. The van der Waals surface area contributed by atoms with Gasteiger partial charge in [0.25, 0.3) is 0 Å². The molecule has 0 unspecified atom stereocenters. The molecule has 0 aliphatic rings. The molecule has 0 bridgehead atoms. The fourth-order valence-corrected chi connectivity index (χ4v) is 7.60. The van der Waals surface area contributed by atoms with Crippen molar-refractivity contribution in [1.29, 1.82) is 0 Å². The van der Waals surface area contributed by atoms with E-state index in [9.17, 15) is 0 Å². The zero-order valence-electron chi connectivity index (χ0n) is 36.1. The van der Waals surface area contributed by atoms with Crippen LogP contribution in [0.15, 0.2) is 135 Å². The van der Waals surface area contributed by atoms with Crippen LogP contribution in [0, 0.1) is 0 Å². The predicted octanol–water partition coefficient (Wildman–Crippen LogP) is 7.31. The van der Waals surface area contributed by atoms with Gasteiger partial charge in [-0.3, -0.25) is 0 Å². The maximum atomic E-state index is 2.37. The lowest BCUT2D eigenvalue weighted by Crippen LogP contribution is -2.47. The van der Waals surface area contributed by atoms with Gasteiger partial charge in [-0.25, -0.2) is 18.3 Å². The van der Waals surface area contributed by atoms with Gasteiger partial charge in [-0.05, 0) is 139 Å². The number of allylic oxidation sites excluding steroid dienone is 4. The van der Waals surface area contributed by atoms with Gasteiger partial charge in [0, 0.05) is 48.5 Å². The zero-order valence-corrected chi connectivity index (χ0v) is 36.1. The van der Waals surface area contributed by atoms with E-state index in [-0.39, 0.29) is 0 Å². The second-order valence-electron chi connectivity index (χ2n) is 15.7. The maximum absolute atomic E-state index is 2.37. The first kappa shape index (κ1) is 44.5. The van der Waals surface area contributed by atoms with Gasteiger partial charge in [0.2, 0.25) is 0 Å². The minimum atomic E-state index is 0.890. The third kappa shape index (κ3) is 15.0. The fourth-order valence-electron chi connectivity index (χ4n) is 7.60. The number of likely N-dealkylation sites (N-methyl/N-ethyl adjacent to an activating group) is 2. The van der Waals surface area contributed by atoms with Crippen molar-refractivity contribution < 1.29 is 27.2 Å². The quantitative estimate of drug-likeness (QED) is 0.0363. The van der Waals surface area contributed by atoms with Crippen molar-refractivity contribution in [1.82, 2.24) is 0 Å². The summed E-state index contributed by atoms with van der Waals surface area (Å²) in [5.41, 5.74) is 5.65. The molecule has 0 aliphatic heterocycles. The third-order valence-electron chi connectivity index (χ3n) is 12.5. The molecule has 56 heavy (non-hydrogen) atoms. The summed E-state index contributed by atoms with van der Waals surface area (Å²) in [6.45, 7) is 26.9. The van der Waals surface area contributed by atoms with Crippen molar-refractivity contribution >= 4 is 0 Å². The minimum absolute atomic E-state index is 0.890. The van der Waals surface area contributed by atoms with Gasteiger partial charge in [0.15, 0.2) is 75.8 Å². The lowest BCUT2D eigenvalue weighted by Gasteiger charge is -2.34. The molecule has 0 saturated heterocycles. The number of nitrogens with zero attached hydrogens (tertiary/aromatic N) is 6. The Morgan fingerprint density at radius 3 is 0.768 bits per heavy atom. The van der Waals surface area contributed by atoms with E-state index in [0.717, 1.165) is 77.8 Å². The summed E-state index contributed by atoms with van der Waals surface area (Å²) in [5, 5.41) is 0. The van der Waals surface area contributed by atoms with E-state index < -0.39 is 0 Å². The highest BCUT2D eigenvalue weighted by atomic mass is 15.3. The van der Waals surface area contributed by atoms with Crippen LogP contribution in [0.4, 0.5) is 0 Å². The average molecular weight is 761 g/mol. The Morgan fingerprint density at radius 2 is 0.554 bits per heavy atom. The van der Waals surface area contributed by atoms with E-state index in [1.165, 1.54) is 70.5 Å². The van der Waals surface area contributed by atoms with Gasteiger partial charge in [-0.2, -0.15) is 0 Å². The van der Waals surface area contributed by atoms with Crippen molar-refractivity contribution in [2.75, 3.05) is 52.4 Å². The Hall–Kier alpha value is -4.26. The number of rotatable bonds is 26. The number of aryl methyl sites for hydroxylation is 4. The molecule has 4 aromatic heterocycles. The van der Waals surface area contributed by atoms with Crippen LogP contribution in [-0.4, -0.2) is 61.3 Å². The highest BCUT2D eigenvalue weighted by Gasteiger charge is 2.19. The van der Waals surface area contributed by atoms with Crippen LogP contribution >= 0.6 is 0 Å². The summed E-state index contributed by atoms with van der Waals surface area (Å²) in [4.78, 5) is 0. The molecule has 4 rings (SSSR count). The Morgan fingerprint density at radius 1 is 0.339 bits per heavy atom. The minimum Gasteiger partial charge on any atom is -0.321 e. The molecule has 0 fully saturated rings. The monoisotopic (exact) mass is 761 g/mol. The molecule has 0 aliphatic carbocycles. The van der Waals surface area contributed by atoms with Crippen LogP contribution in [-0.2, 0) is 51.9 Å². The maximum Gasteiger partial charge on any atom is 0.169 e. The van der Waals surface area contributed by atoms with E-state index >= 15 is 0 Å². The molecule has 0 amide bonds. The van der Waals surface area contributed by atoms with Crippen molar-refractivity contribution in [3.05, 3.63) is 157 Å². The van der Waals surface area contributed by atoms with Crippen molar-refractivity contribution in [2.45, 2.75) is 106 Å². The largest absolute Gasteiger partial charge is 0.321 e. The SMILES string of the molecule is CC[N+](CC)(CC)C/C=C/C[n+]1ccc(CCCc2cc[n+](C/C=C/C[n+]3ccc(CCCc4cc[n+](C/C=C/C[N+](CC)(CC)CC)cc4)cc3)cc2)cc1. The van der Waals surface area contributed by atoms with Crippen LogP contribution in [0.2, 0.25) is 0 Å². The van der Waals surface area contributed by atoms with E-state index in [1.807, 2.05) is 0 Å². The Kier molecular flexibility index (Phi) is 19.4. The second kappa shape index (κ2) is 24.4. The number of hydrogen-bond acceptors (Lipinski definition) is 0. The summed E-state index contributed by atoms with van der Waals surface area (Å²) in [7, 11) is 0. The van der Waals surface area contributed by atoms with Crippen LogP contribution in [0.1, 0.15) is 76.6 Å². The average Bonchev–Trinajstić information content (AvgIpc) is 3.25. The van der Waals surface area contributed by atoms with E-state index in [1.54, 1.807) is 0 Å². The molecule has 0 aromatic carbocycles. The third-order valence-corrected chi connectivity index (χ3v) is 12.5. The summed E-state index contributed by atoms with van der Waals surface area (Å²) >= 11 is 0. The van der Waals surface area contributed by atoms with E-state index in [4.69, 9.17) is 0 Å². The van der Waals surface area contributed by atoms with Gasteiger partial charge in [0.05, 0.1) is 52.4 Å². The lowest BCUT2D eigenvalue weighted by atomic mass is 10.1. The smallest absolute Gasteiger partial charge is 0.169 e. The van der Waals surface area contributed by atoms with Gasteiger partial charge in [-0.15, -0.1) is 0 Å². The number of pyridine rings is 4. The van der Waals surface area contributed by atoms with Crippen molar-refractivity contribution in [2.24, 2.45) is 0 Å². The zero-order chi connectivity index (χ0) is 39.9. The van der Waals surface area contributed by atoms with Crippen LogP contribution in [0.5, 0.6) is 0 Å². The summed E-state index contributed by atoms with van der Waals surface area (Å²) < 4.78 is 11.4. The Balaban J connectivity index is 1.08. The molecule has 300 valence electrons. The first-order chi connectivity index (χ1) is 27.4. The standard InChI is InChI=1S/C50H76N6/c1-7-55(8-2,9-3)45-17-15-35-53-41-29-49(30-42-53)23-19-21-47-25-37-51(38-26-47)33-13-14-34-52-39-27-48(28-40-52)22-20-24-50-31-43-54(44-32-50)36-16-18-46-56(10-4,11-5)12-6/h13-18,25-32,37-44H,7-12,19-24,33-36,45-46H2,1-6H3/q+6/b14-13+,17-15+,18-16+. The van der Waals surface area contributed by atoms with Gasteiger partial charge < -0.3 is 8.97 Å². The molecular weight excluding hydrogens is 685 g/mol. The van der Waals surface area contributed by atoms with Crippen molar-refractivity contribution in [3.8, 4) is 0 Å². The number of hydrogen-bond donors (Lipinski definition) is 0. The molecule has 0 atom stereocenters. The highest BCUT2D eigenvalue weighted by Crippen LogP contribution is 2.09. The van der Waals surface area contributed by atoms with Crippen LogP contribution in [0.25, 0.3) is 0 Å². The second-order valence-corrected chi connectivity index (χ2v) is 15.7. The summed E-state index contributed by atoms with van der Waals surface area (Å²) in [5.74, 6) is 0. The topological polar surface area (TPSA) is 15.5 Å². The lowest BCUT2D eigenvalue weighted by molar-refractivity contribution is -0.917. The molecule has 0 spiro atoms. The predicted molar refractivity (Wildman–Crippen MR) is 232 cm³/mol. The molecule has 6 nitrogen and oxygen atoms in total. The molecule has 4 heterocycles. The summed E-state index contributed by atoms with van der Waals surface area (Å²) in [6, 6.07) is 18.2. The fraction of sp³-hybridized carbons (Fsp3) is 0.480. The molecule has 0 saturated carbocycles. The van der Waals surface area contributed by atoms with Crippen LogP contribution < -0.4 is 18.3 Å². The molecular formula is C50H76N6+6. The van der Waals surface area contributed by atoms with Crippen molar-refractivity contribution in [3.63, 3.8) is 0 Å². The van der Waals surface area contributed by atoms with Crippen LogP contribution in [0.3, 0.4) is 0 Å². The Bertz CT molecular complexity index is 1580. The molecule has 0 radical (unpaired) electrons. The number of quaternary nitrogens is 2. The molecule has 4 aromatic rings. The number of aromatic nitrogens is 4. The van der Waals surface area contributed by atoms with E-state index in [2.05, 4.69) is 194 Å². The van der Waals surface area contributed by atoms with Gasteiger partial charge in [0.1, 0.15) is 0 Å². The van der Waals surface area contributed by atoms with Gasteiger partial charge in [-0.1, -0.05) is 0 Å². The van der Waals surface area contributed by atoms with E-state index in [0.29, 0.717) is 0 Å². The normalized spacial score (nSPS) is 12.5.